The Morgan fingerprint density at radius 1 is 1.00 bits per heavy atom. The molecule has 0 bridgehead atoms. The quantitative estimate of drug-likeness (QED) is 0.763. The molecule has 1 unspecified atom stereocenters. The molecule has 1 atom stereocenters. The van der Waals surface area contributed by atoms with E-state index < -0.39 is 17.7 Å². The Morgan fingerprint density at radius 2 is 1.80 bits per heavy atom. The number of rotatable bonds is 2. The number of furan rings is 1. The third kappa shape index (κ3) is 2.18. The largest absolute Gasteiger partial charge is 0.458 e. The molecule has 102 valence electrons. The van der Waals surface area contributed by atoms with Crippen LogP contribution in [-0.4, -0.2) is 5.11 Å². The minimum absolute atomic E-state index is 0.250. The van der Waals surface area contributed by atoms with Crippen LogP contribution in [0, 0.1) is 18.6 Å². The molecule has 3 rings (SSSR count). The highest BCUT2D eigenvalue weighted by Crippen LogP contribution is 2.29. The van der Waals surface area contributed by atoms with Gasteiger partial charge in [0.1, 0.15) is 17.4 Å². The van der Waals surface area contributed by atoms with Crippen LogP contribution in [0.1, 0.15) is 23.0 Å². The normalized spacial score (nSPS) is 12.8. The van der Waals surface area contributed by atoms with Gasteiger partial charge < -0.3 is 9.52 Å². The number of aryl methyl sites for hydroxylation is 1. The van der Waals surface area contributed by atoms with Gasteiger partial charge in [-0.05, 0) is 42.8 Å². The monoisotopic (exact) mass is 274 g/mol. The van der Waals surface area contributed by atoms with Crippen LogP contribution in [0.25, 0.3) is 11.0 Å². The van der Waals surface area contributed by atoms with Crippen molar-refractivity contribution in [1.29, 1.82) is 0 Å². The van der Waals surface area contributed by atoms with E-state index in [2.05, 4.69) is 0 Å². The molecule has 0 aliphatic heterocycles. The van der Waals surface area contributed by atoms with Crippen LogP contribution in [0.3, 0.4) is 0 Å². The minimum Gasteiger partial charge on any atom is -0.458 e. The summed E-state index contributed by atoms with van der Waals surface area (Å²) < 4.78 is 31.6. The Balaban J connectivity index is 2.02. The molecular weight excluding hydrogens is 262 g/mol. The number of aliphatic hydroxyl groups excluding tert-OH is 1. The summed E-state index contributed by atoms with van der Waals surface area (Å²) in [4.78, 5) is 0. The lowest BCUT2D eigenvalue weighted by Crippen LogP contribution is -1.99. The maximum Gasteiger partial charge on any atom is 0.159 e. The van der Waals surface area contributed by atoms with E-state index in [0.717, 1.165) is 23.1 Å². The van der Waals surface area contributed by atoms with Gasteiger partial charge in [-0.1, -0.05) is 17.7 Å². The highest BCUT2D eigenvalue weighted by molar-refractivity contribution is 5.78. The Bertz CT molecular complexity index is 777. The number of aliphatic hydroxyl groups is 1. The van der Waals surface area contributed by atoms with E-state index in [-0.39, 0.29) is 5.56 Å². The Labute approximate surface area is 114 Å². The second-order valence-electron chi connectivity index (χ2n) is 4.77. The van der Waals surface area contributed by atoms with Gasteiger partial charge in [0.2, 0.25) is 0 Å². The molecule has 0 fully saturated rings. The van der Waals surface area contributed by atoms with Crippen LogP contribution in [0.5, 0.6) is 0 Å². The first kappa shape index (κ1) is 12.8. The first-order valence-corrected chi connectivity index (χ1v) is 6.18. The Kier molecular flexibility index (Phi) is 3.03. The van der Waals surface area contributed by atoms with Crippen molar-refractivity contribution in [1.82, 2.24) is 0 Å². The summed E-state index contributed by atoms with van der Waals surface area (Å²) >= 11 is 0. The van der Waals surface area contributed by atoms with Crippen molar-refractivity contribution >= 4 is 11.0 Å². The molecule has 2 aromatic carbocycles. The summed E-state index contributed by atoms with van der Waals surface area (Å²) in [6.07, 6.45) is -1.13. The smallest absolute Gasteiger partial charge is 0.159 e. The average molecular weight is 274 g/mol. The lowest BCUT2D eigenvalue weighted by atomic mass is 10.1. The predicted octanol–water partition coefficient (Wildman–Crippen LogP) is 4.10. The van der Waals surface area contributed by atoms with E-state index in [1.807, 2.05) is 25.1 Å². The topological polar surface area (TPSA) is 33.4 Å². The fourth-order valence-electron chi connectivity index (χ4n) is 2.16. The highest BCUT2D eigenvalue weighted by atomic mass is 19.2. The third-order valence-electron chi connectivity index (χ3n) is 3.22. The zero-order chi connectivity index (χ0) is 14.3. The van der Waals surface area contributed by atoms with Crippen LogP contribution in [0.15, 0.2) is 46.9 Å². The maximum atomic E-state index is 13.2. The molecule has 3 aromatic rings. The number of fused-ring (bicyclic) bond motifs is 1. The number of hydrogen-bond donors (Lipinski definition) is 1. The van der Waals surface area contributed by atoms with Gasteiger partial charge >= 0.3 is 0 Å². The molecule has 1 N–H and O–H groups in total. The molecule has 1 aromatic heterocycles. The first-order valence-electron chi connectivity index (χ1n) is 6.18. The summed E-state index contributed by atoms with van der Waals surface area (Å²) in [7, 11) is 0. The van der Waals surface area contributed by atoms with Crippen molar-refractivity contribution < 1.29 is 18.3 Å². The second-order valence-corrected chi connectivity index (χ2v) is 4.77. The van der Waals surface area contributed by atoms with Gasteiger partial charge in [0, 0.05) is 5.39 Å². The van der Waals surface area contributed by atoms with Crippen LogP contribution < -0.4 is 0 Å². The van der Waals surface area contributed by atoms with E-state index in [0.29, 0.717) is 11.3 Å². The number of benzene rings is 2. The SMILES string of the molecule is Cc1ccc2oc(C(O)c3ccc(F)c(F)c3)cc2c1. The predicted molar refractivity (Wildman–Crippen MR) is 71.4 cm³/mol. The summed E-state index contributed by atoms with van der Waals surface area (Å²) in [5.41, 5.74) is 1.97. The first-order chi connectivity index (χ1) is 9.54. The lowest BCUT2D eigenvalue weighted by Gasteiger charge is -2.08. The van der Waals surface area contributed by atoms with Gasteiger partial charge in [0.05, 0.1) is 0 Å². The molecule has 0 aliphatic rings. The van der Waals surface area contributed by atoms with Crippen molar-refractivity contribution in [2.24, 2.45) is 0 Å². The molecule has 0 radical (unpaired) electrons. The second kappa shape index (κ2) is 4.72. The highest BCUT2D eigenvalue weighted by Gasteiger charge is 2.17. The third-order valence-corrected chi connectivity index (χ3v) is 3.22. The van der Waals surface area contributed by atoms with Crippen molar-refractivity contribution in [3.8, 4) is 0 Å². The molecule has 20 heavy (non-hydrogen) atoms. The van der Waals surface area contributed by atoms with Gasteiger partial charge in [-0.15, -0.1) is 0 Å². The van der Waals surface area contributed by atoms with Gasteiger partial charge in [0.25, 0.3) is 0 Å². The zero-order valence-electron chi connectivity index (χ0n) is 10.7. The number of halogens is 2. The van der Waals surface area contributed by atoms with E-state index in [1.165, 1.54) is 6.07 Å². The zero-order valence-corrected chi connectivity index (χ0v) is 10.7. The van der Waals surface area contributed by atoms with Gasteiger partial charge in [-0.2, -0.15) is 0 Å². The van der Waals surface area contributed by atoms with Gasteiger partial charge in [-0.25, -0.2) is 8.78 Å². The molecule has 2 nitrogen and oxygen atoms in total. The molecule has 1 heterocycles. The molecule has 0 amide bonds. The fourth-order valence-corrected chi connectivity index (χ4v) is 2.16. The maximum absolute atomic E-state index is 13.2. The van der Waals surface area contributed by atoms with E-state index in [1.54, 1.807) is 6.07 Å². The molecule has 0 saturated heterocycles. The van der Waals surface area contributed by atoms with Crippen molar-refractivity contribution in [2.45, 2.75) is 13.0 Å². The van der Waals surface area contributed by atoms with Gasteiger partial charge in [0.15, 0.2) is 11.6 Å². The standard InChI is InChI=1S/C16H12F2O2/c1-9-2-5-14-11(6-9)8-15(20-14)16(19)10-3-4-12(17)13(18)7-10/h2-8,16,19H,1H3. The molecule has 0 spiro atoms. The van der Waals surface area contributed by atoms with E-state index >= 15 is 0 Å². The summed E-state index contributed by atoms with van der Waals surface area (Å²) in [6, 6.07) is 10.6. The van der Waals surface area contributed by atoms with Crippen molar-refractivity contribution in [3.63, 3.8) is 0 Å². The molecule has 4 heteroatoms. The van der Waals surface area contributed by atoms with E-state index in [9.17, 15) is 13.9 Å². The number of hydrogen-bond acceptors (Lipinski definition) is 2. The van der Waals surface area contributed by atoms with Crippen LogP contribution in [-0.2, 0) is 0 Å². The summed E-state index contributed by atoms with van der Waals surface area (Å²) in [5.74, 6) is -1.63. The van der Waals surface area contributed by atoms with Crippen molar-refractivity contribution in [2.75, 3.05) is 0 Å². The summed E-state index contributed by atoms with van der Waals surface area (Å²) in [6.45, 7) is 1.96. The van der Waals surface area contributed by atoms with Gasteiger partial charge in [-0.3, -0.25) is 0 Å². The fraction of sp³-hybridized carbons (Fsp3) is 0.125. The molecule has 0 aliphatic carbocycles. The lowest BCUT2D eigenvalue weighted by molar-refractivity contribution is 0.191. The minimum atomic E-state index is -1.13. The Morgan fingerprint density at radius 3 is 2.55 bits per heavy atom. The van der Waals surface area contributed by atoms with Crippen LogP contribution in [0.4, 0.5) is 8.78 Å². The summed E-state index contributed by atoms with van der Waals surface area (Å²) in [5, 5.41) is 11.1. The molecule has 0 saturated carbocycles. The van der Waals surface area contributed by atoms with Crippen LogP contribution >= 0.6 is 0 Å². The Hall–Kier alpha value is -2.20. The van der Waals surface area contributed by atoms with Crippen molar-refractivity contribution in [3.05, 3.63) is 71.0 Å². The van der Waals surface area contributed by atoms with Crippen LogP contribution in [0.2, 0.25) is 0 Å². The average Bonchev–Trinajstić information content (AvgIpc) is 2.84. The van der Waals surface area contributed by atoms with E-state index in [4.69, 9.17) is 4.42 Å². The molecular formula is C16H12F2O2.